The molecule has 1 aliphatic rings. The lowest BCUT2D eigenvalue weighted by Gasteiger charge is -2.32. The number of nitrogens with zero attached hydrogens (tertiary/aromatic N) is 1. The minimum Gasteiger partial charge on any atom is -0.339 e. The Morgan fingerprint density at radius 3 is 2.62 bits per heavy atom. The zero-order chi connectivity index (χ0) is 18.5. The summed E-state index contributed by atoms with van der Waals surface area (Å²) in [6.07, 6.45) is 2.06. The van der Waals surface area contributed by atoms with Gasteiger partial charge in [0.2, 0.25) is 0 Å². The molecule has 26 heavy (non-hydrogen) atoms. The Hall–Kier alpha value is -1.78. The first-order valence-electron chi connectivity index (χ1n) is 9.32. The highest BCUT2D eigenvalue weighted by atomic mass is 32.2. The molecule has 0 saturated carbocycles. The summed E-state index contributed by atoms with van der Waals surface area (Å²) in [7, 11) is 2.00. The predicted octanol–water partition coefficient (Wildman–Crippen LogP) is 4.42. The normalized spacial score (nSPS) is 15.3. The summed E-state index contributed by atoms with van der Waals surface area (Å²) in [5, 5.41) is 3.31. The van der Waals surface area contributed by atoms with Crippen molar-refractivity contribution in [2.45, 2.75) is 43.4 Å². The summed E-state index contributed by atoms with van der Waals surface area (Å²) in [5.74, 6) is 1.05. The maximum Gasteiger partial charge on any atom is 0.253 e. The van der Waals surface area contributed by atoms with Gasteiger partial charge in [-0.3, -0.25) is 4.79 Å². The largest absolute Gasteiger partial charge is 0.339 e. The van der Waals surface area contributed by atoms with E-state index in [0.29, 0.717) is 6.04 Å². The summed E-state index contributed by atoms with van der Waals surface area (Å²) in [5.41, 5.74) is 4.62. The Bertz CT molecular complexity index is 766. The molecule has 0 unspecified atom stereocenters. The molecular weight excluding hydrogens is 340 g/mol. The second-order valence-corrected chi connectivity index (χ2v) is 8.13. The zero-order valence-corrected chi connectivity index (χ0v) is 16.7. The van der Waals surface area contributed by atoms with Crippen molar-refractivity contribution in [2.24, 2.45) is 0 Å². The second kappa shape index (κ2) is 8.74. The third-order valence-corrected chi connectivity index (χ3v) is 6.34. The number of carbonyl (C=O) groups is 1. The van der Waals surface area contributed by atoms with Crippen LogP contribution in [-0.4, -0.2) is 37.0 Å². The SMILES string of the molecule is CNC1CCN(C(=O)c2cccc(CSc3ccc(C)cc3C)c2)CC1. The molecule has 1 saturated heterocycles. The highest BCUT2D eigenvalue weighted by molar-refractivity contribution is 7.98. The van der Waals surface area contributed by atoms with Crippen molar-refractivity contribution < 1.29 is 4.79 Å². The van der Waals surface area contributed by atoms with Crippen LogP contribution in [0.2, 0.25) is 0 Å². The molecule has 0 aliphatic carbocycles. The van der Waals surface area contributed by atoms with Crippen LogP contribution in [0.4, 0.5) is 0 Å². The number of likely N-dealkylation sites (tertiary alicyclic amines) is 1. The number of thioether (sulfide) groups is 1. The first-order chi connectivity index (χ1) is 12.6. The Kier molecular flexibility index (Phi) is 6.38. The Labute approximate surface area is 161 Å². The van der Waals surface area contributed by atoms with E-state index in [4.69, 9.17) is 0 Å². The second-order valence-electron chi connectivity index (χ2n) is 7.11. The number of amides is 1. The number of nitrogens with one attached hydrogen (secondary N) is 1. The molecule has 0 aromatic heterocycles. The summed E-state index contributed by atoms with van der Waals surface area (Å²) in [6.45, 7) is 5.96. The van der Waals surface area contributed by atoms with Gasteiger partial charge in [0.1, 0.15) is 0 Å². The number of piperidine rings is 1. The highest BCUT2D eigenvalue weighted by Crippen LogP contribution is 2.27. The van der Waals surface area contributed by atoms with Crippen molar-refractivity contribution in [3.8, 4) is 0 Å². The monoisotopic (exact) mass is 368 g/mol. The van der Waals surface area contributed by atoms with Crippen molar-refractivity contribution in [1.82, 2.24) is 10.2 Å². The van der Waals surface area contributed by atoms with Gasteiger partial charge in [-0.05, 0) is 63.1 Å². The number of aryl methyl sites for hydroxylation is 2. The van der Waals surface area contributed by atoms with E-state index in [9.17, 15) is 4.79 Å². The molecule has 1 aliphatic heterocycles. The van der Waals surface area contributed by atoms with Gasteiger partial charge in [0, 0.05) is 35.3 Å². The van der Waals surface area contributed by atoms with Crippen LogP contribution in [0.15, 0.2) is 47.4 Å². The molecule has 4 heteroatoms. The van der Waals surface area contributed by atoms with Crippen molar-refractivity contribution in [1.29, 1.82) is 0 Å². The number of benzene rings is 2. The molecule has 1 amide bonds. The topological polar surface area (TPSA) is 32.3 Å². The molecule has 0 atom stereocenters. The van der Waals surface area contributed by atoms with E-state index in [1.54, 1.807) is 0 Å². The first-order valence-corrected chi connectivity index (χ1v) is 10.3. The van der Waals surface area contributed by atoms with Gasteiger partial charge >= 0.3 is 0 Å². The van der Waals surface area contributed by atoms with Crippen LogP contribution in [0, 0.1) is 13.8 Å². The Morgan fingerprint density at radius 1 is 1.15 bits per heavy atom. The Balaban J connectivity index is 1.63. The summed E-state index contributed by atoms with van der Waals surface area (Å²) < 4.78 is 0. The fraction of sp³-hybridized carbons (Fsp3) is 0.409. The third-order valence-electron chi connectivity index (χ3n) is 5.09. The van der Waals surface area contributed by atoms with E-state index in [1.165, 1.54) is 21.6 Å². The zero-order valence-electron chi connectivity index (χ0n) is 15.9. The Morgan fingerprint density at radius 2 is 1.92 bits per heavy atom. The van der Waals surface area contributed by atoms with Gasteiger partial charge in [-0.15, -0.1) is 11.8 Å². The van der Waals surface area contributed by atoms with Crippen molar-refractivity contribution in [3.05, 3.63) is 64.7 Å². The van der Waals surface area contributed by atoms with E-state index in [1.807, 2.05) is 35.8 Å². The van der Waals surface area contributed by atoms with Gasteiger partial charge in [-0.1, -0.05) is 29.8 Å². The molecular formula is C22H28N2OS. The lowest BCUT2D eigenvalue weighted by molar-refractivity contribution is 0.0707. The van der Waals surface area contributed by atoms with Crippen LogP contribution in [0.5, 0.6) is 0 Å². The van der Waals surface area contributed by atoms with Gasteiger partial charge < -0.3 is 10.2 Å². The summed E-state index contributed by atoms with van der Waals surface area (Å²) in [6, 6.07) is 15.2. The highest BCUT2D eigenvalue weighted by Gasteiger charge is 2.22. The number of hydrogen-bond acceptors (Lipinski definition) is 3. The fourth-order valence-corrected chi connectivity index (χ4v) is 4.42. The van der Waals surface area contributed by atoms with Crippen LogP contribution in [-0.2, 0) is 5.75 Å². The minimum atomic E-state index is 0.165. The van der Waals surface area contributed by atoms with Gasteiger partial charge in [0.05, 0.1) is 0 Å². The van der Waals surface area contributed by atoms with E-state index in [2.05, 4.69) is 49.5 Å². The fourth-order valence-electron chi connectivity index (χ4n) is 3.47. The van der Waals surface area contributed by atoms with Crippen molar-refractivity contribution in [3.63, 3.8) is 0 Å². The number of carbonyl (C=O) groups excluding carboxylic acids is 1. The third kappa shape index (κ3) is 4.68. The number of rotatable bonds is 5. The van der Waals surface area contributed by atoms with Gasteiger partial charge in [-0.2, -0.15) is 0 Å². The van der Waals surface area contributed by atoms with Gasteiger partial charge in [0.15, 0.2) is 0 Å². The molecule has 138 valence electrons. The van der Waals surface area contributed by atoms with E-state index < -0.39 is 0 Å². The van der Waals surface area contributed by atoms with E-state index >= 15 is 0 Å². The first kappa shape index (κ1) is 19.0. The molecule has 2 aromatic rings. The van der Waals surface area contributed by atoms with Crippen LogP contribution < -0.4 is 5.32 Å². The lowest BCUT2D eigenvalue weighted by atomic mass is 10.0. The molecule has 0 bridgehead atoms. The van der Waals surface area contributed by atoms with Crippen LogP contribution in [0.1, 0.15) is 39.9 Å². The average molecular weight is 369 g/mol. The van der Waals surface area contributed by atoms with Crippen LogP contribution in [0.25, 0.3) is 0 Å². The van der Waals surface area contributed by atoms with E-state index in [0.717, 1.165) is 37.2 Å². The average Bonchev–Trinajstić information content (AvgIpc) is 2.67. The molecule has 1 fully saturated rings. The van der Waals surface area contributed by atoms with Crippen molar-refractivity contribution >= 4 is 17.7 Å². The minimum absolute atomic E-state index is 0.165. The molecule has 3 rings (SSSR count). The number of hydrogen-bond donors (Lipinski definition) is 1. The molecule has 1 heterocycles. The maximum absolute atomic E-state index is 12.8. The standard InChI is InChI=1S/C22H28N2OS/c1-16-7-8-21(17(2)13-16)26-15-18-5-4-6-19(14-18)22(25)24-11-9-20(23-3)10-12-24/h4-8,13-14,20,23H,9-12,15H2,1-3H3. The molecule has 3 nitrogen and oxygen atoms in total. The van der Waals surface area contributed by atoms with Gasteiger partial charge in [-0.25, -0.2) is 0 Å². The summed E-state index contributed by atoms with van der Waals surface area (Å²) in [4.78, 5) is 16.1. The van der Waals surface area contributed by atoms with Gasteiger partial charge in [0.25, 0.3) is 5.91 Å². The van der Waals surface area contributed by atoms with E-state index in [-0.39, 0.29) is 5.91 Å². The molecule has 2 aromatic carbocycles. The molecule has 0 spiro atoms. The molecule has 0 radical (unpaired) electrons. The van der Waals surface area contributed by atoms with Crippen LogP contribution >= 0.6 is 11.8 Å². The molecule has 1 N–H and O–H groups in total. The van der Waals surface area contributed by atoms with Crippen molar-refractivity contribution in [2.75, 3.05) is 20.1 Å². The van der Waals surface area contributed by atoms with Crippen LogP contribution in [0.3, 0.4) is 0 Å². The lowest BCUT2D eigenvalue weighted by Crippen LogP contribution is -2.43. The maximum atomic E-state index is 12.8. The predicted molar refractivity (Wildman–Crippen MR) is 110 cm³/mol. The smallest absolute Gasteiger partial charge is 0.253 e. The summed E-state index contributed by atoms with van der Waals surface area (Å²) >= 11 is 1.83. The quantitative estimate of drug-likeness (QED) is 0.793.